The molecular weight excluding hydrogens is 548 g/mol. The quantitative estimate of drug-likeness (QED) is 0.148. The molecular formula is C38H32N2O4. The van der Waals surface area contributed by atoms with E-state index in [1.54, 1.807) is 0 Å². The van der Waals surface area contributed by atoms with E-state index in [9.17, 15) is 10.1 Å². The van der Waals surface area contributed by atoms with Gasteiger partial charge in [-0.05, 0) is 65.4 Å². The highest BCUT2D eigenvalue weighted by Gasteiger charge is 2.59. The molecule has 0 fully saturated rings. The highest BCUT2D eigenvalue weighted by molar-refractivity contribution is 5.76. The van der Waals surface area contributed by atoms with Crippen LogP contribution in [-0.4, -0.2) is 17.8 Å². The molecule has 6 heteroatoms. The van der Waals surface area contributed by atoms with Gasteiger partial charge in [0.2, 0.25) is 5.72 Å². The number of nitro groups is 1. The molecule has 5 aromatic carbocycles. The molecule has 2 heterocycles. The summed E-state index contributed by atoms with van der Waals surface area (Å²) >= 11 is 0. The van der Waals surface area contributed by atoms with Crippen LogP contribution in [0.2, 0.25) is 0 Å². The highest BCUT2D eigenvalue weighted by Crippen LogP contribution is 2.56. The lowest BCUT2D eigenvalue weighted by Gasteiger charge is -2.47. The molecule has 0 amide bonds. The van der Waals surface area contributed by atoms with Crippen LogP contribution in [0.4, 0.5) is 11.4 Å². The van der Waals surface area contributed by atoms with E-state index in [-0.39, 0.29) is 5.69 Å². The van der Waals surface area contributed by atoms with Crippen LogP contribution in [0.15, 0.2) is 121 Å². The maximum atomic E-state index is 11.6. The van der Waals surface area contributed by atoms with Crippen molar-refractivity contribution in [2.75, 3.05) is 12.0 Å². The number of nitro benzene ring substituents is 1. The largest absolute Gasteiger partial charge is 0.493 e. The summed E-state index contributed by atoms with van der Waals surface area (Å²) in [5, 5.41) is 11.6. The average Bonchev–Trinajstić information content (AvgIpc) is 3.23. The molecule has 7 rings (SSSR count). The van der Waals surface area contributed by atoms with E-state index < -0.39 is 16.1 Å². The molecule has 218 valence electrons. The fourth-order valence-electron chi connectivity index (χ4n) is 6.59. The smallest absolute Gasteiger partial charge is 0.274 e. The summed E-state index contributed by atoms with van der Waals surface area (Å²) in [7, 11) is 1.51. The van der Waals surface area contributed by atoms with Crippen molar-refractivity contribution in [2.24, 2.45) is 0 Å². The molecule has 0 radical (unpaired) electrons. The van der Waals surface area contributed by atoms with Crippen molar-refractivity contribution in [1.82, 2.24) is 0 Å². The first-order valence-corrected chi connectivity index (χ1v) is 14.7. The zero-order valence-corrected chi connectivity index (χ0v) is 24.9. The Morgan fingerprint density at radius 3 is 2.02 bits per heavy atom. The molecule has 0 bridgehead atoms. The lowest BCUT2D eigenvalue weighted by Crippen LogP contribution is -2.59. The van der Waals surface area contributed by atoms with Gasteiger partial charge < -0.3 is 14.4 Å². The van der Waals surface area contributed by atoms with Crippen molar-refractivity contribution in [3.8, 4) is 33.8 Å². The molecule has 0 saturated carbocycles. The third-order valence-corrected chi connectivity index (χ3v) is 9.03. The van der Waals surface area contributed by atoms with Gasteiger partial charge in [0.25, 0.3) is 5.69 Å². The summed E-state index contributed by atoms with van der Waals surface area (Å²) in [5.74, 6) is 0.841. The zero-order valence-electron chi connectivity index (χ0n) is 24.9. The first-order valence-electron chi connectivity index (χ1n) is 14.7. The molecule has 0 saturated heterocycles. The van der Waals surface area contributed by atoms with Gasteiger partial charge >= 0.3 is 0 Å². The van der Waals surface area contributed by atoms with Crippen LogP contribution in [-0.2, 0) is 12.0 Å². The zero-order chi connectivity index (χ0) is 30.5. The van der Waals surface area contributed by atoms with Crippen molar-refractivity contribution in [1.29, 1.82) is 0 Å². The Morgan fingerprint density at radius 2 is 1.39 bits per heavy atom. The van der Waals surface area contributed by atoms with Crippen molar-refractivity contribution < 1.29 is 14.4 Å². The van der Waals surface area contributed by atoms with Gasteiger partial charge in [0.05, 0.1) is 23.5 Å². The van der Waals surface area contributed by atoms with Crippen molar-refractivity contribution in [3.05, 3.63) is 148 Å². The lowest BCUT2D eigenvalue weighted by molar-refractivity contribution is -0.385. The number of methoxy groups -OCH3 is 1. The number of non-ortho nitro benzene ring substituents is 1. The van der Waals surface area contributed by atoms with Crippen molar-refractivity contribution in [3.63, 3.8) is 0 Å². The van der Waals surface area contributed by atoms with Gasteiger partial charge in [-0.25, -0.2) is 0 Å². The normalized spacial score (nSPS) is 17.6. The van der Waals surface area contributed by atoms with E-state index in [1.807, 2.05) is 24.3 Å². The van der Waals surface area contributed by atoms with Crippen molar-refractivity contribution in [2.45, 2.75) is 31.5 Å². The molecule has 1 unspecified atom stereocenters. The van der Waals surface area contributed by atoms with E-state index in [0.717, 1.165) is 22.4 Å². The SMILES string of the molecule is COc1cc([N+](=O)[O-])cc2c1OC1(C=C2)N(Cc2ccc(-c3ccc(-c4ccccc4)cc3)cc2)c2ccccc2C1(C)C. The second-order valence-electron chi connectivity index (χ2n) is 11.8. The van der Waals surface area contributed by atoms with Gasteiger partial charge in [0.1, 0.15) is 0 Å². The summed E-state index contributed by atoms with van der Waals surface area (Å²) in [6, 6.07) is 39.1. The van der Waals surface area contributed by atoms with E-state index in [2.05, 4.69) is 110 Å². The second kappa shape index (κ2) is 10.4. The van der Waals surface area contributed by atoms with Crippen LogP contribution in [0.1, 0.15) is 30.5 Å². The van der Waals surface area contributed by atoms with E-state index in [1.165, 1.54) is 35.9 Å². The Balaban J connectivity index is 1.23. The predicted molar refractivity (Wildman–Crippen MR) is 175 cm³/mol. The third-order valence-electron chi connectivity index (χ3n) is 9.03. The summed E-state index contributed by atoms with van der Waals surface area (Å²) in [6.07, 6.45) is 3.97. The van der Waals surface area contributed by atoms with Crippen LogP contribution in [0.5, 0.6) is 11.5 Å². The molecule has 0 N–H and O–H groups in total. The molecule has 1 spiro atoms. The van der Waals surface area contributed by atoms with E-state index in [0.29, 0.717) is 23.6 Å². The number of hydrogen-bond donors (Lipinski definition) is 0. The first kappa shape index (κ1) is 27.5. The fraction of sp³-hybridized carbons (Fsp3) is 0.158. The number of ether oxygens (including phenoxy) is 2. The topological polar surface area (TPSA) is 64.8 Å². The number of fused-ring (bicyclic) bond motifs is 2. The Morgan fingerprint density at radius 1 is 0.795 bits per heavy atom. The number of nitrogens with zero attached hydrogens (tertiary/aromatic N) is 2. The predicted octanol–water partition coefficient (Wildman–Crippen LogP) is 9.04. The van der Waals surface area contributed by atoms with E-state index >= 15 is 0 Å². The second-order valence-corrected chi connectivity index (χ2v) is 11.8. The molecule has 2 aliphatic heterocycles. The maximum Gasteiger partial charge on any atom is 0.274 e. The monoisotopic (exact) mass is 580 g/mol. The van der Waals surface area contributed by atoms with Gasteiger partial charge in [-0.15, -0.1) is 0 Å². The third kappa shape index (κ3) is 4.33. The molecule has 5 aromatic rings. The number of hydrogen-bond acceptors (Lipinski definition) is 5. The number of rotatable bonds is 6. The Kier molecular flexibility index (Phi) is 6.51. The molecule has 2 aliphatic rings. The van der Waals surface area contributed by atoms with Gasteiger partial charge in [-0.1, -0.05) is 97.1 Å². The average molecular weight is 581 g/mol. The number of benzene rings is 5. The van der Waals surface area contributed by atoms with Gasteiger partial charge in [-0.3, -0.25) is 10.1 Å². The summed E-state index contributed by atoms with van der Waals surface area (Å²) in [6.45, 7) is 4.96. The Hall–Kier alpha value is -5.36. The molecule has 0 aliphatic carbocycles. The van der Waals surface area contributed by atoms with E-state index in [4.69, 9.17) is 9.47 Å². The fourth-order valence-corrected chi connectivity index (χ4v) is 6.59. The van der Waals surface area contributed by atoms with Gasteiger partial charge in [0.15, 0.2) is 11.5 Å². The molecule has 1 atom stereocenters. The lowest BCUT2D eigenvalue weighted by atomic mass is 9.76. The number of anilines is 1. The van der Waals surface area contributed by atoms with Crippen LogP contribution in [0.3, 0.4) is 0 Å². The van der Waals surface area contributed by atoms with Gasteiger partial charge in [-0.2, -0.15) is 0 Å². The van der Waals surface area contributed by atoms with Crippen LogP contribution < -0.4 is 14.4 Å². The molecule has 6 nitrogen and oxygen atoms in total. The van der Waals surface area contributed by atoms with Crippen LogP contribution >= 0.6 is 0 Å². The Labute approximate surface area is 257 Å². The van der Waals surface area contributed by atoms with Crippen LogP contribution in [0.25, 0.3) is 28.3 Å². The molecule has 0 aromatic heterocycles. The van der Waals surface area contributed by atoms with Crippen molar-refractivity contribution >= 4 is 17.5 Å². The Bertz CT molecular complexity index is 1900. The van der Waals surface area contributed by atoms with Gasteiger partial charge in [0, 0.05) is 23.9 Å². The molecule has 44 heavy (non-hydrogen) atoms. The summed E-state index contributed by atoms with van der Waals surface area (Å²) in [5.41, 5.74) is 7.35. The minimum atomic E-state index is -0.890. The first-order chi connectivity index (χ1) is 21.3. The van der Waals surface area contributed by atoms with Crippen LogP contribution in [0, 0.1) is 10.1 Å². The standard InChI is InChI=1S/C38H32N2O4/c1-37(2)33-11-7-8-12-34(33)39(38(37)22-21-31-23-32(40(41)42)24-35(43-3)36(31)44-38)25-26-13-15-28(16-14-26)30-19-17-29(18-20-30)27-9-5-4-6-10-27/h4-24H,25H2,1-3H3. The summed E-state index contributed by atoms with van der Waals surface area (Å²) in [4.78, 5) is 13.5. The minimum Gasteiger partial charge on any atom is -0.493 e. The summed E-state index contributed by atoms with van der Waals surface area (Å²) < 4.78 is 12.6. The minimum absolute atomic E-state index is 0.0366. The number of para-hydroxylation sites is 1. The maximum absolute atomic E-state index is 11.6. The highest BCUT2D eigenvalue weighted by atomic mass is 16.6.